The molecule has 6 atom stereocenters. The van der Waals surface area contributed by atoms with E-state index in [9.17, 15) is 24.4 Å². The number of methoxy groups -OCH3 is 1. The number of amides is 2. The van der Waals surface area contributed by atoms with Gasteiger partial charge in [-0.05, 0) is 61.1 Å². The van der Waals surface area contributed by atoms with Crippen molar-refractivity contribution in [2.75, 3.05) is 13.7 Å². The van der Waals surface area contributed by atoms with Crippen LogP contribution in [0.15, 0.2) is 23.0 Å². The molecule has 2 fully saturated rings. The van der Waals surface area contributed by atoms with E-state index in [1.54, 1.807) is 18.2 Å². The summed E-state index contributed by atoms with van der Waals surface area (Å²) < 4.78 is 18.9. The normalized spacial score (nSPS) is 28.0. The average Bonchev–Trinajstić information content (AvgIpc) is 3.59. The third-order valence-electron chi connectivity index (χ3n) is 9.55. The number of benzene rings is 1. The molecule has 2 aromatic rings. The van der Waals surface area contributed by atoms with E-state index in [4.69, 9.17) is 14.2 Å². The van der Waals surface area contributed by atoms with Crippen molar-refractivity contribution in [1.82, 2.24) is 19.8 Å². The van der Waals surface area contributed by atoms with Gasteiger partial charge in [0.2, 0.25) is 5.91 Å². The number of fused-ring (bicyclic) bond motifs is 5. The van der Waals surface area contributed by atoms with Crippen LogP contribution in [0.1, 0.15) is 84.6 Å². The third kappa shape index (κ3) is 7.13. The Morgan fingerprint density at radius 1 is 1.09 bits per heavy atom. The van der Waals surface area contributed by atoms with Crippen LogP contribution >= 0.6 is 0 Å². The maximum atomic E-state index is 14.2. The lowest BCUT2D eigenvalue weighted by Gasteiger charge is -2.35. The molecule has 1 N–H and O–H groups in total. The smallest absolute Gasteiger partial charge is 0.408 e. The number of ether oxygens (including phenoxy) is 3. The number of rotatable bonds is 1. The Hall–Kier alpha value is -4.14. The Morgan fingerprint density at radius 2 is 1.85 bits per heavy atom. The number of nitrogens with zero attached hydrogens (tertiary/aromatic N) is 4. The number of hydrogen-bond donors (Lipinski definition) is 1. The fourth-order valence-electron chi connectivity index (χ4n) is 7.13. The average molecular weight is 636 g/mol. The van der Waals surface area contributed by atoms with Gasteiger partial charge in [0.25, 0.3) is 11.6 Å². The minimum Gasteiger partial charge on any atom is -0.467 e. The molecular formula is C34H45N5O7. The van der Waals surface area contributed by atoms with E-state index < -0.39 is 41.6 Å². The van der Waals surface area contributed by atoms with Gasteiger partial charge in [-0.1, -0.05) is 47.0 Å². The fourth-order valence-corrected chi connectivity index (χ4v) is 7.13. The molecule has 12 heteroatoms. The van der Waals surface area contributed by atoms with E-state index in [-0.39, 0.29) is 36.6 Å². The molecular weight excluding hydrogens is 590 g/mol. The van der Waals surface area contributed by atoms with Crippen LogP contribution in [0.4, 0.5) is 4.79 Å². The lowest BCUT2D eigenvalue weighted by atomic mass is 9.85. The Labute approximate surface area is 269 Å². The lowest BCUT2D eigenvalue weighted by molar-refractivity contribution is -0.152. The molecule has 248 valence electrons. The number of nitriles is 1. The van der Waals surface area contributed by atoms with Gasteiger partial charge in [-0.2, -0.15) is 10.2 Å². The quantitative estimate of drug-likeness (QED) is 0.452. The Kier molecular flexibility index (Phi) is 9.89. The van der Waals surface area contributed by atoms with Crippen molar-refractivity contribution in [1.29, 1.82) is 5.26 Å². The van der Waals surface area contributed by atoms with Crippen molar-refractivity contribution in [2.45, 2.75) is 110 Å². The first kappa shape index (κ1) is 33.2. The molecule has 12 nitrogen and oxygen atoms in total. The highest BCUT2D eigenvalue weighted by atomic mass is 16.6. The molecule has 1 saturated heterocycles. The van der Waals surface area contributed by atoms with Gasteiger partial charge in [0.1, 0.15) is 24.3 Å². The first-order chi connectivity index (χ1) is 21.9. The van der Waals surface area contributed by atoms with Crippen molar-refractivity contribution in [2.24, 2.45) is 17.3 Å². The molecule has 2 bridgehead atoms. The lowest BCUT2D eigenvalue weighted by Crippen LogP contribution is -2.57. The van der Waals surface area contributed by atoms with Crippen LogP contribution in [-0.4, -0.2) is 70.4 Å². The number of aromatic nitrogens is 2. The van der Waals surface area contributed by atoms with Crippen LogP contribution in [0.2, 0.25) is 0 Å². The van der Waals surface area contributed by atoms with Gasteiger partial charge in [0.15, 0.2) is 0 Å². The zero-order chi connectivity index (χ0) is 33.2. The number of hydrogen-bond acceptors (Lipinski definition) is 9. The fraction of sp³-hybridized carbons (Fsp3) is 0.647. The van der Waals surface area contributed by atoms with Crippen LogP contribution in [0.5, 0.6) is 6.01 Å². The molecule has 0 radical (unpaired) electrons. The first-order valence-corrected chi connectivity index (χ1v) is 16.4. The Bertz CT molecular complexity index is 1570. The molecule has 0 unspecified atom stereocenters. The van der Waals surface area contributed by atoms with Gasteiger partial charge in [-0.15, -0.1) is 0 Å². The largest absolute Gasteiger partial charge is 0.467 e. The maximum absolute atomic E-state index is 14.2. The summed E-state index contributed by atoms with van der Waals surface area (Å²) in [6, 6.07) is 4.94. The predicted octanol–water partition coefficient (Wildman–Crippen LogP) is 4.31. The van der Waals surface area contributed by atoms with Crippen molar-refractivity contribution in [3.8, 4) is 12.1 Å². The van der Waals surface area contributed by atoms with Gasteiger partial charge < -0.3 is 24.4 Å². The van der Waals surface area contributed by atoms with Gasteiger partial charge in [-0.3, -0.25) is 14.2 Å². The molecule has 3 aliphatic rings. The Morgan fingerprint density at radius 3 is 2.57 bits per heavy atom. The molecule has 1 aromatic carbocycles. The van der Waals surface area contributed by atoms with Gasteiger partial charge >= 0.3 is 12.1 Å². The monoisotopic (exact) mass is 635 g/mol. The number of nitrogens with one attached hydrogen (secondary N) is 1. The predicted molar refractivity (Wildman–Crippen MR) is 169 cm³/mol. The summed E-state index contributed by atoms with van der Waals surface area (Å²) in [5, 5.41) is 12.6. The van der Waals surface area contributed by atoms with Gasteiger partial charge in [0, 0.05) is 13.0 Å². The number of carbonyl (C=O) groups excluding carboxylic acids is 3. The second-order valence-electron chi connectivity index (χ2n) is 14.1. The van der Waals surface area contributed by atoms with Crippen molar-refractivity contribution in [3.05, 3.63) is 34.1 Å². The summed E-state index contributed by atoms with van der Waals surface area (Å²) >= 11 is 0. The van der Waals surface area contributed by atoms with Gasteiger partial charge in [-0.25, -0.2) is 9.59 Å². The van der Waals surface area contributed by atoms with Crippen molar-refractivity contribution >= 4 is 28.9 Å². The molecule has 2 amide bonds. The number of carbonyl (C=O) groups is 3. The second kappa shape index (κ2) is 13.7. The minimum atomic E-state index is -0.994. The molecule has 2 aliphatic heterocycles. The molecule has 46 heavy (non-hydrogen) atoms. The summed E-state index contributed by atoms with van der Waals surface area (Å²) in [6.07, 6.45) is 4.74. The molecule has 1 aromatic heterocycles. The van der Waals surface area contributed by atoms with Crippen molar-refractivity contribution in [3.63, 3.8) is 0 Å². The standard InChI is InChI=1S/C34H45N5O7/c1-20-14-22-10-8-6-7-9-13-38-29(40)24-12-11-21(18-35)16-25(24)36-32(38)45-23-17-26(31(42)44-5)39(19-23)30(41)28(34(2,3)4)37-33(43)46-27(22)15-20/h11-12,16,20,22-23,26-28H,6-10,13-15,17,19H2,1-5H3,(H,37,43)/t20-,22-,23-,26+,27-,28-/m1/s1. The van der Waals surface area contributed by atoms with E-state index in [1.807, 2.05) is 20.8 Å². The highest BCUT2D eigenvalue weighted by Gasteiger charge is 2.47. The maximum Gasteiger partial charge on any atom is 0.408 e. The molecule has 1 saturated carbocycles. The first-order valence-electron chi connectivity index (χ1n) is 16.4. The molecule has 0 spiro atoms. The van der Waals surface area contributed by atoms with Crippen LogP contribution in [-0.2, 0) is 25.6 Å². The third-order valence-corrected chi connectivity index (χ3v) is 9.55. The number of esters is 1. The van der Waals surface area contributed by atoms with E-state index in [0.717, 1.165) is 44.9 Å². The molecule has 3 heterocycles. The summed E-state index contributed by atoms with van der Waals surface area (Å²) in [7, 11) is 1.26. The van der Waals surface area contributed by atoms with E-state index >= 15 is 0 Å². The topological polar surface area (TPSA) is 153 Å². The summed E-state index contributed by atoms with van der Waals surface area (Å²) in [6.45, 7) is 8.09. The second-order valence-corrected chi connectivity index (χ2v) is 14.1. The highest BCUT2D eigenvalue weighted by molar-refractivity contribution is 5.91. The highest BCUT2D eigenvalue weighted by Crippen LogP contribution is 2.37. The number of alkyl carbamates (subject to hydrolysis) is 1. The van der Waals surface area contributed by atoms with E-state index in [0.29, 0.717) is 28.9 Å². The summed E-state index contributed by atoms with van der Waals surface area (Å²) in [5.41, 5.74) is -0.293. The molecule has 5 rings (SSSR count). The zero-order valence-electron chi connectivity index (χ0n) is 27.4. The van der Waals surface area contributed by atoms with Crippen LogP contribution in [0.3, 0.4) is 0 Å². The zero-order valence-corrected chi connectivity index (χ0v) is 27.4. The summed E-state index contributed by atoms with van der Waals surface area (Å²) in [5.74, 6) is -0.400. The van der Waals surface area contributed by atoms with Crippen molar-refractivity contribution < 1.29 is 28.6 Å². The van der Waals surface area contributed by atoms with Gasteiger partial charge in [0.05, 0.1) is 36.2 Å². The summed E-state index contributed by atoms with van der Waals surface area (Å²) in [4.78, 5) is 60.2. The van der Waals surface area contributed by atoms with Crippen LogP contribution < -0.4 is 15.6 Å². The molecule has 1 aliphatic carbocycles. The van der Waals surface area contributed by atoms with Crippen LogP contribution in [0, 0.1) is 28.6 Å². The van der Waals surface area contributed by atoms with E-state index in [1.165, 1.54) is 16.6 Å². The minimum absolute atomic E-state index is 0.0102. The Balaban J connectivity index is 1.53. The van der Waals surface area contributed by atoms with Crippen LogP contribution in [0.25, 0.3) is 10.9 Å². The SMILES string of the molecule is COC(=O)[C@@H]1C[C@@H]2CN1C(=O)[C@H](C(C)(C)C)NC(=O)O[C@@H]1C[C@H](C)C[C@H]1CCCCCCn1c(nc3cc(C#N)ccc3c1=O)O2. The van der Waals surface area contributed by atoms with E-state index in [2.05, 4.69) is 23.3 Å².